The highest BCUT2D eigenvalue weighted by atomic mass is 127. The molecule has 0 spiro atoms. The average molecular weight is 261 g/mol. The topological polar surface area (TPSA) is 3.24 Å². The first-order valence-electron chi connectivity index (χ1n) is 3.31. The number of piperidine rings is 1. The summed E-state index contributed by atoms with van der Waals surface area (Å²) in [5, 5.41) is 0. The highest BCUT2D eigenvalue weighted by Crippen LogP contribution is 2.33. The molecule has 0 aromatic rings. The van der Waals surface area contributed by atoms with Gasteiger partial charge in [-0.2, -0.15) is 0 Å². The van der Waals surface area contributed by atoms with E-state index < -0.39 is 11.8 Å². The number of halogens is 3. The summed E-state index contributed by atoms with van der Waals surface area (Å²) in [5.74, 6) is -2.92. The van der Waals surface area contributed by atoms with Crippen LogP contribution in [0.4, 0.5) is 8.78 Å². The van der Waals surface area contributed by atoms with Crippen molar-refractivity contribution in [2.45, 2.75) is 19.3 Å². The lowest BCUT2D eigenvalue weighted by Gasteiger charge is -2.33. The molecule has 1 aliphatic heterocycles. The molecule has 60 valence electrons. The van der Waals surface area contributed by atoms with Gasteiger partial charge in [0.25, 0.3) is 5.92 Å². The van der Waals surface area contributed by atoms with Gasteiger partial charge in [0.15, 0.2) is 0 Å². The monoisotopic (exact) mass is 261 g/mol. The standard InChI is InChI=1S/C6H10F2IN/c1-5-2-3-10(9)4-6(5,7)8/h5H,2-4H2,1H3/t5-/m1/s1. The lowest BCUT2D eigenvalue weighted by Crippen LogP contribution is -2.43. The normalized spacial score (nSPS) is 34.2. The van der Waals surface area contributed by atoms with Crippen LogP contribution >= 0.6 is 22.9 Å². The summed E-state index contributed by atoms with van der Waals surface area (Å²) in [5.41, 5.74) is 0. The van der Waals surface area contributed by atoms with Gasteiger partial charge in [-0.15, -0.1) is 0 Å². The van der Waals surface area contributed by atoms with Crippen molar-refractivity contribution < 1.29 is 8.78 Å². The van der Waals surface area contributed by atoms with Crippen molar-refractivity contribution in [3.63, 3.8) is 0 Å². The van der Waals surface area contributed by atoms with E-state index in [1.54, 1.807) is 10.0 Å². The molecule has 0 aliphatic carbocycles. The Kier molecular flexibility index (Phi) is 2.50. The van der Waals surface area contributed by atoms with Crippen molar-refractivity contribution in [2.75, 3.05) is 13.1 Å². The Balaban J connectivity index is 2.55. The Bertz CT molecular complexity index is 129. The van der Waals surface area contributed by atoms with Gasteiger partial charge in [-0.05, 0) is 6.42 Å². The fourth-order valence-corrected chi connectivity index (χ4v) is 1.74. The minimum absolute atomic E-state index is 0.0886. The van der Waals surface area contributed by atoms with Crippen molar-refractivity contribution in [2.24, 2.45) is 5.92 Å². The fourth-order valence-electron chi connectivity index (χ4n) is 1.01. The summed E-state index contributed by atoms with van der Waals surface area (Å²) in [6.07, 6.45) is 0.607. The van der Waals surface area contributed by atoms with Crippen LogP contribution in [0.2, 0.25) is 0 Å². The van der Waals surface area contributed by atoms with Gasteiger partial charge in [0.1, 0.15) is 0 Å². The van der Waals surface area contributed by atoms with Gasteiger partial charge in [0.05, 0.1) is 6.54 Å². The number of rotatable bonds is 0. The fraction of sp³-hybridized carbons (Fsp3) is 1.00. The zero-order valence-electron chi connectivity index (χ0n) is 5.78. The average Bonchev–Trinajstić information content (AvgIpc) is 1.78. The molecule has 1 saturated heterocycles. The van der Waals surface area contributed by atoms with Gasteiger partial charge >= 0.3 is 0 Å². The molecule has 1 rings (SSSR count). The number of hydrogen-bond donors (Lipinski definition) is 0. The third kappa shape index (κ3) is 1.78. The number of nitrogens with zero attached hydrogens (tertiary/aromatic N) is 1. The maximum atomic E-state index is 12.8. The molecule has 4 heteroatoms. The van der Waals surface area contributed by atoms with Crippen molar-refractivity contribution in [1.29, 1.82) is 0 Å². The smallest absolute Gasteiger partial charge is 0.242 e. The van der Waals surface area contributed by atoms with Gasteiger partial charge in [-0.1, -0.05) is 6.92 Å². The molecule has 0 amide bonds. The Morgan fingerprint density at radius 2 is 2.20 bits per heavy atom. The lowest BCUT2D eigenvalue weighted by atomic mass is 9.97. The van der Waals surface area contributed by atoms with Gasteiger partial charge in [0.2, 0.25) is 0 Å². The summed E-state index contributed by atoms with van der Waals surface area (Å²) in [7, 11) is 0. The molecule has 1 heterocycles. The Labute approximate surface area is 73.3 Å². The molecule has 0 bridgehead atoms. The second kappa shape index (κ2) is 2.89. The molecule has 0 aromatic carbocycles. The molecule has 0 saturated carbocycles. The van der Waals surface area contributed by atoms with Crippen LogP contribution in [0, 0.1) is 5.92 Å². The van der Waals surface area contributed by atoms with Crippen LogP contribution in [0.15, 0.2) is 0 Å². The van der Waals surface area contributed by atoms with Crippen LogP contribution in [0.3, 0.4) is 0 Å². The van der Waals surface area contributed by atoms with E-state index in [2.05, 4.69) is 0 Å². The molecule has 0 radical (unpaired) electrons. The van der Waals surface area contributed by atoms with Crippen molar-refractivity contribution in [3.05, 3.63) is 0 Å². The predicted molar refractivity (Wildman–Crippen MR) is 44.3 cm³/mol. The Hall–Kier alpha value is 0.550. The molecule has 1 aliphatic rings. The highest BCUT2D eigenvalue weighted by molar-refractivity contribution is 14.1. The van der Waals surface area contributed by atoms with E-state index >= 15 is 0 Å². The minimum atomic E-state index is -2.47. The van der Waals surface area contributed by atoms with Crippen LogP contribution in [-0.4, -0.2) is 22.1 Å². The summed E-state index contributed by atoms with van der Waals surface area (Å²) < 4.78 is 27.3. The van der Waals surface area contributed by atoms with E-state index in [1.807, 2.05) is 22.9 Å². The van der Waals surface area contributed by atoms with Crippen molar-refractivity contribution in [1.82, 2.24) is 3.11 Å². The van der Waals surface area contributed by atoms with Crippen LogP contribution in [-0.2, 0) is 0 Å². The maximum absolute atomic E-state index is 12.8. The minimum Gasteiger partial charge on any atom is -0.242 e. The second-order valence-electron chi connectivity index (χ2n) is 2.80. The first-order chi connectivity index (χ1) is 4.52. The first-order valence-corrected chi connectivity index (χ1v) is 4.27. The Morgan fingerprint density at radius 1 is 1.60 bits per heavy atom. The molecule has 10 heavy (non-hydrogen) atoms. The maximum Gasteiger partial charge on any atom is 0.263 e. The van der Waals surface area contributed by atoms with Gasteiger partial charge in [0, 0.05) is 35.3 Å². The molecule has 0 N–H and O–H groups in total. The van der Waals surface area contributed by atoms with Crippen molar-refractivity contribution in [3.8, 4) is 0 Å². The largest absolute Gasteiger partial charge is 0.263 e. The van der Waals surface area contributed by atoms with Gasteiger partial charge in [-0.3, -0.25) is 0 Å². The second-order valence-corrected chi connectivity index (χ2v) is 4.16. The SMILES string of the molecule is C[C@@H]1CCN(I)CC1(F)F. The molecule has 1 nitrogen and oxygen atoms in total. The van der Waals surface area contributed by atoms with E-state index in [4.69, 9.17) is 0 Å². The highest BCUT2D eigenvalue weighted by Gasteiger charge is 2.40. The Morgan fingerprint density at radius 3 is 2.60 bits per heavy atom. The molecule has 0 unspecified atom stereocenters. The lowest BCUT2D eigenvalue weighted by molar-refractivity contribution is -0.0810. The zero-order valence-corrected chi connectivity index (χ0v) is 7.94. The summed E-state index contributed by atoms with van der Waals surface area (Å²) in [6.45, 7) is 2.32. The van der Waals surface area contributed by atoms with Crippen LogP contribution in [0.25, 0.3) is 0 Å². The summed E-state index contributed by atoms with van der Waals surface area (Å²) >= 11 is 1.95. The predicted octanol–water partition coefficient (Wildman–Crippen LogP) is 2.31. The molecule has 0 aromatic heterocycles. The number of hydrogen-bond acceptors (Lipinski definition) is 1. The van der Waals surface area contributed by atoms with Crippen LogP contribution < -0.4 is 0 Å². The first kappa shape index (κ1) is 8.64. The quantitative estimate of drug-likeness (QED) is 0.477. The van der Waals surface area contributed by atoms with Crippen molar-refractivity contribution >= 4 is 22.9 Å². The van der Waals surface area contributed by atoms with Crippen LogP contribution in [0.5, 0.6) is 0 Å². The summed E-state index contributed by atoms with van der Waals surface area (Å²) in [6, 6.07) is 0. The zero-order chi connectivity index (χ0) is 7.78. The van der Waals surface area contributed by atoms with Crippen LogP contribution in [0.1, 0.15) is 13.3 Å². The molecule has 1 atom stereocenters. The van der Waals surface area contributed by atoms with Gasteiger partial charge < -0.3 is 0 Å². The van der Waals surface area contributed by atoms with E-state index in [9.17, 15) is 8.78 Å². The van der Waals surface area contributed by atoms with E-state index in [0.717, 1.165) is 6.54 Å². The summed E-state index contributed by atoms with van der Waals surface area (Å²) in [4.78, 5) is 0. The number of alkyl halides is 2. The van der Waals surface area contributed by atoms with E-state index in [0.29, 0.717) is 6.42 Å². The van der Waals surface area contributed by atoms with E-state index in [-0.39, 0.29) is 6.54 Å². The molecular weight excluding hydrogens is 251 g/mol. The van der Waals surface area contributed by atoms with Gasteiger partial charge in [-0.25, -0.2) is 11.9 Å². The third-order valence-corrected chi connectivity index (χ3v) is 2.73. The molecule has 1 fully saturated rings. The third-order valence-electron chi connectivity index (χ3n) is 1.91. The van der Waals surface area contributed by atoms with E-state index in [1.165, 1.54) is 0 Å². The molecular formula is C6H10F2IN.